The van der Waals surface area contributed by atoms with Crippen LogP contribution in [0.4, 0.5) is 4.79 Å². The monoisotopic (exact) mass is 747 g/mol. The maximum absolute atomic E-state index is 13.0. The molecule has 4 atom stereocenters. The Hall–Kier alpha value is -2.66. The van der Waals surface area contributed by atoms with Crippen molar-refractivity contribution in [3.63, 3.8) is 0 Å². The van der Waals surface area contributed by atoms with Gasteiger partial charge in [-0.3, -0.25) is 14.4 Å². The number of unbranched alkanes of at least 4 members (excludes halogenated alkanes) is 13. The Labute approximate surface area is 309 Å². The van der Waals surface area contributed by atoms with E-state index in [2.05, 4.69) is 28.2 Å². The summed E-state index contributed by atoms with van der Waals surface area (Å²) in [5, 5.41) is 29.4. The third kappa shape index (κ3) is 26.7. The Bertz CT molecular complexity index is 950. The number of aliphatic carboxylic acids is 1. The smallest absolute Gasteiger partial charge is 0.407 e. The molecule has 0 aromatic rings. The van der Waals surface area contributed by atoms with Crippen molar-refractivity contribution in [2.75, 3.05) is 44.4 Å². The van der Waals surface area contributed by atoms with Crippen LogP contribution in [0.3, 0.4) is 0 Å². The highest BCUT2D eigenvalue weighted by Crippen LogP contribution is 2.12. The van der Waals surface area contributed by atoms with Gasteiger partial charge in [-0.2, -0.15) is 11.8 Å². The van der Waals surface area contributed by atoms with E-state index < -0.39 is 60.6 Å². The van der Waals surface area contributed by atoms with Crippen LogP contribution in [0, 0.1) is 0 Å². The average molecular weight is 748 g/mol. The molecule has 0 aliphatic carbocycles. The molecule has 16 heteroatoms. The molecule has 0 saturated heterocycles. The van der Waals surface area contributed by atoms with E-state index >= 15 is 0 Å². The van der Waals surface area contributed by atoms with Gasteiger partial charge < -0.3 is 53.4 Å². The first-order valence-corrected chi connectivity index (χ1v) is 20.1. The van der Waals surface area contributed by atoms with Gasteiger partial charge >= 0.3 is 12.1 Å². The number of ether oxygens (including phenoxy) is 1. The average Bonchev–Trinajstić information content (AvgIpc) is 3.11. The molecule has 0 fully saturated rings. The first-order chi connectivity index (χ1) is 24.6. The fourth-order valence-corrected chi connectivity index (χ4v) is 6.02. The van der Waals surface area contributed by atoms with Crippen LogP contribution in [-0.2, 0) is 23.9 Å². The van der Waals surface area contributed by atoms with Gasteiger partial charge in [0.2, 0.25) is 17.7 Å². The number of aliphatic hydroxyl groups is 1. The molecule has 0 saturated carbocycles. The number of nitrogens with one attached hydrogen (secondary N) is 4. The number of alkyl carbamates (subject to hydrolysis) is 1. The molecule has 4 amide bonds. The molecule has 0 radical (unpaired) electrons. The summed E-state index contributed by atoms with van der Waals surface area (Å²) in [5.74, 6) is -2.74. The van der Waals surface area contributed by atoms with E-state index in [0.717, 1.165) is 19.3 Å². The fraction of sp³-hybridized carbons (Fsp3) is 0.857. The lowest BCUT2D eigenvalue weighted by Gasteiger charge is -2.24. The summed E-state index contributed by atoms with van der Waals surface area (Å²) < 4.78 is 5.23. The Kier molecular flexibility index (Phi) is 31.5. The van der Waals surface area contributed by atoms with Gasteiger partial charge in [0.25, 0.3) is 0 Å². The SMILES string of the molecule is CCCCCCCCCCCCCCOC(=O)NCCSC[C@@H](N)C(=O)N[C@H](CO)C(=O)N[C@@H](CCCCN)C(=O)N[C@@H](CCCCN)C(=O)O. The van der Waals surface area contributed by atoms with E-state index in [0.29, 0.717) is 57.7 Å². The second-order valence-electron chi connectivity index (χ2n) is 12.9. The van der Waals surface area contributed by atoms with Crippen molar-refractivity contribution in [2.24, 2.45) is 17.2 Å². The Morgan fingerprint density at radius 3 is 1.69 bits per heavy atom. The minimum atomic E-state index is -1.39. The molecule has 298 valence electrons. The van der Waals surface area contributed by atoms with Gasteiger partial charge in [-0.25, -0.2) is 9.59 Å². The van der Waals surface area contributed by atoms with E-state index in [-0.39, 0.29) is 18.6 Å². The van der Waals surface area contributed by atoms with Gasteiger partial charge in [0.15, 0.2) is 0 Å². The lowest BCUT2D eigenvalue weighted by Crippen LogP contribution is -2.58. The van der Waals surface area contributed by atoms with Gasteiger partial charge in [0, 0.05) is 18.1 Å². The summed E-state index contributed by atoms with van der Waals surface area (Å²) in [6.45, 7) is 2.93. The molecular formula is C35H69N7O8S. The molecule has 0 aromatic heterocycles. The van der Waals surface area contributed by atoms with E-state index in [1.165, 1.54) is 69.5 Å². The van der Waals surface area contributed by atoms with Gasteiger partial charge in [-0.05, 0) is 58.0 Å². The van der Waals surface area contributed by atoms with Crippen LogP contribution < -0.4 is 38.5 Å². The number of thioether (sulfide) groups is 1. The van der Waals surface area contributed by atoms with Crippen LogP contribution in [-0.4, -0.2) is 109 Å². The van der Waals surface area contributed by atoms with Crippen molar-refractivity contribution in [3.8, 4) is 0 Å². The van der Waals surface area contributed by atoms with Gasteiger partial charge in [-0.15, -0.1) is 0 Å². The minimum absolute atomic E-state index is 0.173. The number of amides is 4. The zero-order valence-electron chi connectivity index (χ0n) is 31.0. The first-order valence-electron chi connectivity index (χ1n) is 19.0. The van der Waals surface area contributed by atoms with Crippen molar-refractivity contribution in [2.45, 2.75) is 147 Å². The summed E-state index contributed by atoms with van der Waals surface area (Å²) in [7, 11) is 0. The fourth-order valence-electron chi connectivity index (χ4n) is 5.20. The quantitative estimate of drug-likeness (QED) is 0.0430. The predicted octanol–water partition coefficient (Wildman–Crippen LogP) is 2.26. The number of carboxylic acid groups (broad SMARTS) is 1. The lowest BCUT2D eigenvalue weighted by atomic mass is 10.1. The summed E-state index contributed by atoms with van der Waals surface area (Å²) in [4.78, 5) is 62.2. The standard InChI is InChI=1S/C35H69N7O8S/c1-2-3-4-5-6-7-8-9-10-11-12-17-23-50-35(49)39-22-24-51-26-27(38)31(44)42-30(25-43)33(46)40-28(18-13-15-20-36)32(45)41-29(34(47)48)19-14-16-21-37/h27-30,43H,2-26,36-38H2,1H3,(H,39,49)(H,40,46)(H,41,45)(H,42,44)(H,47,48)/t27-,28+,29+,30-/m1/s1. The highest BCUT2D eigenvalue weighted by atomic mass is 32.2. The van der Waals surface area contributed by atoms with Crippen molar-refractivity contribution in [1.29, 1.82) is 0 Å². The minimum Gasteiger partial charge on any atom is -0.480 e. The Morgan fingerprint density at radius 2 is 1.16 bits per heavy atom. The number of hydrogen-bond donors (Lipinski definition) is 9. The van der Waals surface area contributed by atoms with Crippen molar-refractivity contribution in [3.05, 3.63) is 0 Å². The topological polar surface area (TPSA) is 261 Å². The highest BCUT2D eigenvalue weighted by Gasteiger charge is 2.29. The number of hydrogen-bond acceptors (Lipinski definition) is 11. The van der Waals surface area contributed by atoms with Crippen LogP contribution in [0.5, 0.6) is 0 Å². The number of nitrogens with two attached hydrogens (primary N) is 3. The zero-order chi connectivity index (χ0) is 38.1. The molecule has 0 heterocycles. The number of carbonyl (C=O) groups excluding carboxylic acids is 4. The zero-order valence-corrected chi connectivity index (χ0v) is 31.8. The van der Waals surface area contributed by atoms with Crippen LogP contribution in [0.2, 0.25) is 0 Å². The molecule has 15 nitrogen and oxygen atoms in total. The van der Waals surface area contributed by atoms with E-state index in [1.807, 2.05) is 0 Å². The first kappa shape index (κ1) is 48.3. The van der Waals surface area contributed by atoms with E-state index in [9.17, 15) is 34.2 Å². The summed E-state index contributed by atoms with van der Waals surface area (Å²) in [6, 6.07) is -4.67. The van der Waals surface area contributed by atoms with Gasteiger partial charge in [0.05, 0.1) is 19.3 Å². The molecule has 0 aliphatic rings. The lowest BCUT2D eigenvalue weighted by molar-refractivity contribution is -0.142. The molecule has 51 heavy (non-hydrogen) atoms. The second-order valence-corrected chi connectivity index (χ2v) is 14.1. The largest absolute Gasteiger partial charge is 0.480 e. The molecular weight excluding hydrogens is 678 g/mol. The highest BCUT2D eigenvalue weighted by molar-refractivity contribution is 7.99. The molecule has 0 unspecified atom stereocenters. The van der Waals surface area contributed by atoms with Crippen molar-refractivity contribution in [1.82, 2.24) is 21.3 Å². The number of carboxylic acids is 1. The predicted molar refractivity (Wildman–Crippen MR) is 202 cm³/mol. The third-order valence-electron chi connectivity index (χ3n) is 8.34. The van der Waals surface area contributed by atoms with Crippen molar-refractivity contribution >= 4 is 41.5 Å². The van der Waals surface area contributed by atoms with Crippen molar-refractivity contribution < 1.29 is 38.9 Å². The number of rotatable bonds is 34. The molecule has 0 aliphatic heterocycles. The summed E-state index contributed by atoms with van der Waals surface area (Å²) >= 11 is 1.33. The van der Waals surface area contributed by atoms with E-state index in [1.54, 1.807) is 0 Å². The summed E-state index contributed by atoms with van der Waals surface area (Å²) in [5.41, 5.74) is 17.0. The van der Waals surface area contributed by atoms with Gasteiger partial charge in [0.1, 0.15) is 18.1 Å². The second kappa shape index (κ2) is 33.2. The molecule has 0 spiro atoms. The number of aliphatic hydroxyl groups excluding tert-OH is 1. The molecule has 0 rings (SSSR count). The molecule has 12 N–H and O–H groups in total. The van der Waals surface area contributed by atoms with Crippen LogP contribution in [0.15, 0.2) is 0 Å². The Morgan fingerprint density at radius 1 is 0.667 bits per heavy atom. The normalized spacial score (nSPS) is 13.4. The maximum Gasteiger partial charge on any atom is 0.407 e. The molecule has 0 bridgehead atoms. The maximum atomic E-state index is 13.0. The van der Waals surface area contributed by atoms with Crippen LogP contribution in [0.1, 0.15) is 122 Å². The Balaban J connectivity index is 4.41. The third-order valence-corrected chi connectivity index (χ3v) is 9.43. The van der Waals surface area contributed by atoms with E-state index in [4.69, 9.17) is 21.9 Å². The molecule has 0 aromatic carbocycles. The van der Waals surface area contributed by atoms with Crippen LogP contribution in [0.25, 0.3) is 0 Å². The van der Waals surface area contributed by atoms with Crippen LogP contribution >= 0.6 is 11.8 Å². The van der Waals surface area contributed by atoms with Gasteiger partial charge in [-0.1, -0.05) is 77.6 Å². The number of carbonyl (C=O) groups is 5. The summed E-state index contributed by atoms with van der Waals surface area (Å²) in [6.07, 6.45) is 16.8.